The normalized spacial score (nSPS) is 13.7. The molecular formula is C32H26N2O. The third kappa shape index (κ3) is 3.48. The molecule has 1 aromatic heterocycles. The maximum Gasteiger partial charge on any atom is 0.209 e. The molecule has 0 bridgehead atoms. The topological polar surface area (TPSA) is 25.2 Å². The highest BCUT2D eigenvalue weighted by molar-refractivity contribution is 6.10. The quantitative estimate of drug-likeness (QED) is 0.275. The monoisotopic (exact) mass is 454 g/mol. The van der Waals surface area contributed by atoms with Crippen LogP contribution in [-0.4, -0.2) is 10.4 Å². The molecule has 6 rings (SSSR count). The van der Waals surface area contributed by atoms with Gasteiger partial charge >= 0.3 is 0 Å². The fourth-order valence-electron chi connectivity index (χ4n) is 5.15. The number of nitrogens with zero attached hydrogens (tertiary/aromatic N) is 2. The number of benzene rings is 4. The number of hydrogen-bond acceptors (Lipinski definition) is 2. The molecule has 2 heterocycles. The molecule has 3 nitrogen and oxygen atoms in total. The van der Waals surface area contributed by atoms with Crippen LogP contribution < -0.4 is 4.90 Å². The number of aromatic nitrogens is 1. The summed E-state index contributed by atoms with van der Waals surface area (Å²) in [5, 5.41) is 0. The Bertz CT molecular complexity index is 1470. The van der Waals surface area contributed by atoms with Gasteiger partial charge in [0.05, 0.1) is 11.2 Å². The Labute approximate surface area is 205 Å². The smallest absolute Gasteiger partial charge is 0.209 e. The largest absolute Gasteiger partial charge is 0.335 e. The lowest BCUT2D eigenvalue weighted by atomic mass is 9.82. The van der Waals surface area contributed by atoms with E-state index in [9.17, 15) is 4.79 Å². The van der Waals surface area contributed by atoms with E-state index in [1.807, 2.05) is 36.5 Å². The summed E-state index contributed by atoms with van der Waals surface area (Å²) in [6, 6.07) is 39.5. The fraction of sp³-hybridized carbons (Fsp3) is 0.0938. The maximum atomic E-state index is 13.1. The Morgan fingerprint density at radius 2 is 1.20 bits per heavy atom. The number of hydrogen-bond donors (Lipinski definition) is 0. The predicted octanol–water partition coefficient (Wildman–Crippen LogP) is 7.95. The molecule has 35 heavy (non-hydrogen) atoms. The van der Waals surface area contributed by atoms with E-state index in [0.29, 0.717) is 0 Å². The molecule has 0 spiro atoms. The molecule has 0 radical (unpaired) electrons. The molecule has 170 valence electrons. The summed E-state index contributed by atoms with van der Waals surface area (Å²) >= 11 is 0. The van der Waals surface area contributed by atoms with Crippen molar-refractivity contribution in [2.24, 2.45) is 0 Å². The van der Waals surface area contributed by atoms with Crippen LogP contribution in [0.2, 0.25) is 0 Å². The molecule has 1 aliphatic rings. The van der Waals surface area contributed by atoms with Crippen molar-refractivity contribution in [1.29, 1.82) is 0 Å². The van der Waals surface area contributed by atoms with Crippen LogP contribution in [0.5, 0.6) is 0 Å². The van der Waals surface area contributed by atoms with E-state index >= 15 is 0 Å². The Morgan fingerprint density at radius 3 is 1.83 bits per heavy atom. The van der Waals surface area contributed by atoms with Crippen LogP contribution in [-0.2, 0) is 5.54 Å². The average Bonchev–Trinajstić information content (AvgIpc) is 3.41. The van der Waals surface area contributed by atoms with Crippen LogP contribution in [0.15, 0.2) is 121 Å². The molecule has 4 aromatic carbocycles. The molecule has 0 amide bonds. The molecule has 5 aromatic rings. The minimum atomic E-state index is -0.296. The number of ketones is 1. The number of para-hydroxylation sites is 2. The molecular weight excluding hydrogens is 428 g/mol. The van der Waals surface area contributed by atoms with Crippen molar-refractivity contribution in [3.05, 3.63) is 138 Å². The van der Waals surface area contributed by atoms with Crippen LogP contribution in [0.25, 0.3) is 11.1 Å². The molecule has 0 saturated carbocycles. The molecule has 1 aliphatic heterocycles. The van der Waals surface area contributed by atoms with Gasteiger partial charge in [0.25, 0.3) is 0 Å². The molecule has 0 aliphatic carbocycles. The number of carbonyl (C=O) groups excluding carboxylic acids is 1. The van der Waals surface area contributed by atoms with Gasteiger partial charge in [-0.2, -0.15) is 0 Å². The Morgan fingerprint density at radius 1 is 0.629 bits per heavy atom. The van der Waals surface area contributed by atoms with E-state index in [0.717, 1.165) is 45.0 Å². The van der Waals surface area contributed by atoms with Crippen molar-refractivity contribution in [1.82, 2.24) is 4.57 Å². The summed E-state index contributed by atoms with van der Waals surface area (Å²) in [6.45, 7) is 4.35. The van der Waals surface area contributed by atoms with E-state index in [1.165, 1.54) is 0 Å². The summed E-state index contributed by atoms with van der Waals surface area (Å²) in [6.07, 6.45) is 2.00. The van der Waals surface area contributed by atoms with Crippen LogP contribution in [0.3, 0.4) is 0 Å². The SMILES string of the molecule is CC1(C)c2cc(-c3ccc(N(c4ccccc4)c4ccccc4)cc3)ccc2C(=O)c2cccn21. The Balaban J connectivity index is 1.39. The summed E-state index contributed by atoms with van der Waals surface area (Å²) in [5.41, 5.74) is 7.86. The third-order valence-electron chi connectivity index (χ3n) is 6.99. The van der Waals surface area contributed by atoms with Gasteiger partial charge in [0.2, 0.25) is 5.78 Å². The maximum absolute atomic E-state index is 13.1. The highest BCUT2D eigenvalue weighted by Crippen LogP contribution is 2.39. The second-order valence-electron chi connectivity index (χ2n) is 9.47. The van der Waals surface area contributed by atoms with Gasteiger partial charge in [0.1, 0.15) is 0 Å². The first kappa shape index (κ1) is 21.2. The van der Waals surface area contributed by atoms with Gasteiger partial charge in [0, 0.05) is 28.8 Å². The van der Waals surface area contributed by atoms with Crippen LogP contribution in [0.1, 0.15) is 35.5 Å². The van der Waals surface area contributed by atoms with Crippen molar-refractivity contribution in [3.8, 4) is 11.1 Å². The van der Waals surface area contributed by atoms with E-state index < -0.39 is 0 Å². The molecule has 0 saturated heterocycles. The lowest BCUT2D eigenvalue weighted by Gasteiger charge is -2.35. The second-order valence-corrected chi connectivity index (χ2v) is 9.47. The van der Waals surface area contributed by atoms with Crippen LogP contribution in [0.4, 0.5) is 17.1 Å². The van der Waals surface area contributed by atoms with Crippen LogP contribution in [0, 0.1) is 0 Å². The van der Waals surface area contributed by atoms with E-state index in [1.54, 1.807) is 0 Å². The van der Waals surface area contributed by atoms with Gasteiger partial charge in [-0.3, -0.25) is 4.79 Å². The minimum absolute atomic E-state index is 0.0904. The number of carbonyl (C=O) groups is 1. The average molecular weight is 455 g/mol. The van der Waals surface area contributed by atoms with Gasteiger partial charge < -0.3 is 9.47 Å². The molecule has 0 fully saturated rings. The number of anilines is 3. The third-order valence-corrected chi connectivity index (χ3v) is 6.99. The van der Waals surface area contributed by atoms with Crippen molar-refractivity contribution in [2.75, 3.05) is 4.90 Å². The van der Waals surface area contributed by atoms with Crippen molar-refractivity contribution in [3.63, 3.8) is 0 Å². The Kier molecular flexibility index (Phi) is 4.93. The first-order valence-corrected chi connectivity index (χ1v) is 11.9. The zero-order chi connectivity index (χ0) is 24.0. The zero-order valence-corrected chi connectivity index (χ0v) is 19.8. The van der Waals surface area contributed by atoms with E-state index in [2.05, 4.69) is 108 Å². The lowest BCUT2D eigenvalue weighted by Crippen LogP contribution is -2.36. The van der Waals surface area contributed by atoms with Gasteiger partial charge in [-0.25, -0.2) is 0 Å². The molecule has 3 heteroatoms. The van der Waals surface area contributed by atoms with Crippen molar-refractivity contribution in [2.45, 2.75) is 19.4 Å². The number of fused-ring (bicyclic) bond motifs is 2. The summed E-state index contributed by atoms with van der Waals surface area (Å²) in [4.78, 5) is 15.3. The van der Waals surface area contributed by atoms with E-state index in [4.69, 9.17) is 0 Å². The predicted molar refractivity (Wildman–Crippen MR) is 143 cm³/mol. The van der Waals surface area contributed by atoms with Crippen molar-refractivity contribution >= 4 is 22.8 Å². The summed E-state index contributed by atoms with van der Waals surface area (Å²) < 4.78 is 2.09. The zero-order valence-electron chi connectivity index (χ0n) is 19.8. The van der Waals surface area contributed by atoms with E-state index in [-0.39, 0.29) is 11.3 Å². The highest BCUT2D eigenvalue weighted by atomic mass is 16.1. The second kappa shape index (κ2) is 8.14. The van der Waals surface area contributed by atoms with Gasteiger partial charge in [-0.15, -0.1) is 0 Å². The minimum Gasteiger partial charge on any atom is -0.335 e. The molecule has 0 atom stereocenters. The molecule has 0 unspecified atom stereocenters. The van der Waals surface area contributed by atoms with Gasteiger partial charge in [-0.1, -0.05) is 54.6 Å². The fourth-order valence-corrected chi connectivity index (χ4v) is 5.15. The van der Waals surface area contributed by atoms with Gasteiger partial charge in [0.15, 0.2) is 0 Å². The number of rotatable bonds is 4. The van der Waals surface area contributed by atoms with Gasteiger partial charge in [-0.05, 0) is 91.2 Å². The van der Waals surface area contributed by atoms with Crippen LogP contribution >= 0.6 is 0 Å². The lowest BCUT2D eigenvalue weighted by molar-refractivity contribution is 0.101. The standard InChI is InChI=1S/C32H26N2O/c1-32(2)29-22-24(17-20-28(29)31(35)30-14-9-21-33(30)32)23-15-18-27(19-16-23)34(25-10-5-3-6-11-25)26-12-7-4-8-13-26/h3-22H,1-2H3. The summed E-state index contributed by atoms with van der Waals surface area (Å²) in [5.74, 6) is 0.0904. The van der Waals surface area contributed by atoms with Crippen molar-refractivity contribution < 1.29 is 4.79 Å². The first-order chi connectivity index (χ1) is 17.0. The first-order valence-electron chi connectivity index (χ1n) is 11.9. The highest BCUT2D eigenvalue weighted by Gasteiger charge is 2.36. The summed E-state index contributed by atoms with van der Waals surface area (Å²) in [7, 11) is 0. The molecule has 0 N–H and O–H groups in total. The Hall–Kier alpha value is -4.37.